The van der Waals surface area contributed by atoms with Crippen LogP contribution in [0.1, 0.15) is 15.9 Å². The predicted octanol–water partition coefficient (Wildman–Crippen LogP) is 4.93. The van der Waals surface area contributed by atoms with Gasteiger partial charge in [0.15, 0.2) is 11.5 Å². The molecule has 3 N–H and O–H groups in total. The van der Waals surface area contributed by atoms with Crippen molar-refractivity contribution in [3.05, 3.63) is 82.9 Å². The smallest absolute Gasteiger partial charge is 0.318 e. The molecule has 0 unspecified atom stereocenters. The second-order valence-corrected chi connectivity index (χ2v) is 6.89. The van der Waals surface area contributed by atoms with E-state index >= 15 is 0 Å². The summed E-state index contributed by atoms with van der Waals surface area (Å²) >= 11 is 6.16. The van der Waals surface area contributed by atoms with Gasteiger partial charge in [0.25, 0.3) is 5.91 Å². The van der Waals surface area contributed by atoms with Crippen LogP contribution in [0.3, 0.4) is 0 Å². The van der Waals surface area contributed by atoms with Crippen molar-refractivity contribution < 1.29 is 19.1 Å². The molecule has 0 saturated carbocycles. The molecule has 0 saturated heterocycles. The molecule has 3 amide bonds. The first kappa shape index (κ1) is 22.0. The van der Waals surface area contributed by atoms with E-state index in [0.717, 1.165) is 5.56 Å². The van der Waals surface area contributed by atoms with Gasteiger partial charge in [0.1, 0.15) is 6.61 Å². The monoisotopic (exact) mass is 439 g/mol. The largest absolute Gasteiger partial charge is 0.493 e. The van der Waals surface area contributed by atoms with E-state index in [4.69, 9.17) is 21.1 Å². The summed E-state index contributed by atoms with van der Waals surface area (Å²) < 4.78 is 11.2. The number of amides is 3. The fraction of sp³-hybridized carbons (Fsp3) is 0.130. The minimum Gasteiger partial charge on any atom is -0.493 e. The van der Waals surface area contributed by atoms with Gasteiger partial charge < -0.3 is 25.4 Å². The van der Waals surface area contributed by atoms with Crippen LogP contribution in [0, 0.1) is 0 Å². The van der Waals surface area contributed by atoms with Gasteiger partial charge in [0.05, 0.1) is 7.11 Å². The zero-order valence-corrected chi connectivity index (χ0v) is 17.8. The molecule has 0 aliphatic rings. The first-order chi connectivity index (χ1) is 15.0. The lowest BCUT2D eigenvalue weighted by Crippen LogP contribution is -2.24. The maximum Gasteiger partial charge on any atom is 0.318 e. The second kappa shape index (κ2) is 10.4. The number of hydrogen-bond acceptors (Lipinski definition) is 4. The highest BCUT2D eigenvalue weighted by Crippen LogP contribution is 2.30. The molecular formula is C23H22ClN3O4. The molecule has 0 aromatic heterocycles. The number of benzene rings is 3. The molecule has 8 heteroatoms. The first-order valence-electron chi connectivity index (χ1n) is 9.44. The summed E-state index contributed by atoms with van der Waals surface area (Å²) in [7, 11) is 3.04. The van der Waals surface area contributed by atoms with Crippen LogP contribution in [-0.4, -0.2) is 26.1 Å². The van der Waals surface area contributed by atoms with Crippen LogP contribution in [0.25, 0.3) is 0 Å². The van der Waals surface area contributed by atoms with E-state index in [-0.39, 0.29) is 18.5 Å². The molecule has 3 aromatic carbocycles. The van der Waals surface area contributed by atoms with E-state index in [9.17, 15) is 9.59 Å². The molecule has 0 aliphatic heterocycles. The SMILES string of the molecule is CNC(=O)Nc1ccc(NC(=O)c2ccc(OCc3ccccc3Cl)c(OC)c2)cc1. The average molecular weight is 440 g/mol. The topological polar surface area (TPSA) is 88.7 Å². The van der Waals surface area contributed by atoms with Gasteiger partial charge in [0, 0.05) is 34.6 Å². The van der Waals surface area contributed by atoms with Crippen LogP contribution in [0.5, 0.6) is 11.5 Å². The summed E-state index contributed by atoms with van der Waals surface area (Å²) in [4.78, 5) is 24.0. The fourth-order valence-corrected chi connectivity index (χ4v) is 2.92. The highest BCUT2D eigenvalue weighted by atomic mass is 35.5. The van der Waals surface area contributed by atoms with Crippen molar-refractivity contribution in [2.75, 3.05) is 24.8 Å². The summed E-state index contributed by atoms with van der Waals surface area (Å²) in [5.41, 5.74) is 2.46. The highest BCUT2D eigenvalue weighted by molar-refractivity contribution is 6.31. The van der Waals surface area contributed by atoms with Crippen molar-refractivity contribution in [3.8, 4) is 11.5 Å². The van der Waals surface area contributed by atoms with Crippen LogP contribution >= 0.6 is 11.6 Å². The lowest BCUT2D eigenvalue weighted by molar-refractivity contribution is 0.102. The highest BCUT2D eigenvalue weighted by Gasteiger charge is 2.12. The van der Waals surface area contributed by atoms with Crippen molar-refractivity contribution in [2.45, 2.75) is 6.61 Å². The molecule has 0 atom stereocenters. The molecule has 0 bridgehead atoms. The zero-order chi connectivity index (χ0) is 22.2. The molecule has 3 rings (SSSR count). The summed E-state index contributed by atoms with van der Waals surface area (Å²) in [6.45, 7) is 0.276. The molecule has 0 aliphatic carbocycles. The van der Waals surface area contributed by atoms with Gasteiger partial charge >= 0.3 is 6.03 Å². The second-order valence-electron chi connectivity index (χ2n) is 6.48. The normalized spacial score (nSPS) is 10.2. The maximum absolute atomic E-state index is 12.6. The number of urea groups is 1. The first-order valence-corrected chi connectivity index (χ1v) is 9.82. The van der Waals surface area contributed by atoms with Crippen LogP contribution in [0.4, 0.5) is 16.2 Å². The minimum absolute atomic E-state index is 0.276. The quantitative estimate of drug-likeness (QED) is 0.487. The molecule has 160 valence electrons. The molecule has 31 heavy (non-hydrogen) atoms. The number of methoxy groups -OCH3 is 1. The molecule has 0 fully saturated rings. The Morgan fingerprint density at radius 1 is 0.903 bits per heavy atom. The standard InChI is InChI=1S/C23H22ClN3O4/c1-25-23(29)27-18-10-8-17(9-11-18)26-22(28)15-7-12-20(21(13-15)30-2)31-14-16-5-3-4-6-19(16)24/h3-13H,14H2,1-2H3,(H,26,28)(H2,25,27,29). The Bertz CT molecular complexity index is 1070. The Kier molecular flexibility index (Phi) is 7.35. The van der Waals surface area contributed by atoms with Crippen LogP contribution in [-0.2, 0) is 6.61 Å². The van der Waals surface area contributed by atoms with E-state index in [2.05, 4.69) is 16.0 Å². The fourth-order valence-electron chi connectivity index (χ4n) is 2.73. The van der Waals surface area contributed by atoms with Crippen LogP contribution in [0.2, 0.25) is 5.02 Å². The number of carbonyl (C=O) groups is 2. The number of anilines is 2. The molecule has 0 spiro atoms. The number of nitrogens with one attached hydrogen (secondary N) is 3. The third-order valence-electron chi connectivity index (χ3n) is 4.39. The van der Waals surface area contributed by atoms with Crippen molar-refractivity contribution in [2.24, 2.45) is 0 Å². The maximum atomic E-state index is 12.6. The summed E-state index contributed by atoms with van der Waals surface area (Å²) in [5.74, 6) is 0.636. The predicted molar refractivity (Wildman–Crippen MR) is 121 cm³/mol. The van der Waals surface area contributed by atoms with E-state index < -0.39 is 0 Å². The van der Waals surface area contributed by atoms with Crippen molar-refractivity contribution in [3.63, 3.8) is 0 Å². The molecule has 0 radical (unpaired) electrons. The van der Waals surface area contributed by atoms with E-state index in [0.29, 0.717) is 33.5 Å². The van der Waals surface area contributed by atoms with Gasteiger partial charge in [-0.3, -0.25) is 4.79 Å². The number of halogens is 1. The van der Waals surface area contributed by atoms with Gasteiger partial charge in [0.2, 0.25) is 0 Å². The Morgan fingerprint density at radius 2 is 1.58 bits per heavy atom. The molecule has 0 heterocycles. The lowest BCUT2D eigenvalue weighted by Gasteiger charge is -2.13. The number of ether oxygens (including phenoxy) is 2. The number of rotatable bonds is 7. The number of carbonyl (C=O) groups excluding carboxylic acids is 2. The Labute approximate surface area is 185 Å². The lowest BCUT2D eigenvalue weighted by atomic mass is 10.1. The van der Waals surface area contributed by atoms with Crippen LogP contribution < -0.4 is 25.4 Å². The summed E-state index contributed by atoms with van der Waals surface area (Å²) in [5, 5.41) is 8.55. The summed E-state index contributed by atoms with van der Waals surface area (Å²) in [6.07, 6.45) is 0. The Morgan fingerprint density at radius 3 is 2.23 bits per heavy atom. The van der Waals surface area contributed by atoms with Crippen molar-refractivity contribution >= 4 is 34.9 Å². The third kappa shape index (κ3) is 5.90. The van der Waals surface area contributed by atoms with E-state index in [1.807, 2.05) is 18.2 Å². The molecule has 3 aromatic rings. The van der Waals surface area contributed by atoms with Crippen LogP contribution in [0.15, 0.2) is 66.7 Å². The Balaban J connectivity index is 1.66. The average Bonchev–Trinajstić information content (AvgIpc) is 2.79. The van der Waals surface area contributed by atoms with E-state index in [1.54, 1.807) is 48.5 Å². The van der Waals surface area contributed by atoms with Gasteiger partial charge in [-0.15, -0.1) is 0 Å². The van der Waals surface area contributed by atoms with Crippen molar-refractivity contribution in [1.29, 1.82) is 0 Å². The minimum atomic E-state index is -0.319. The molecule has 7 nitrogen and oxygen atoms in total. The van der Waals surface area contributed by atoms with Crippen molar-refractivity contribution in [1.82, 2.24) is 5.32 Å². The van der Waals surface area contributed by atoms with Gasteiger partial charge in [-0.1, -0.05) is 29.8 Å². The Hall–Kier alpha value is -3.71. The van der Waals surface area contributed by atoms with E-state index in [1.165, 1.54) is 14.2 Å². The van der Waals surface area contributed by atoms with Gasteiger partial charge in [-0.2, -0.15) is 0 Å². The summed E-state index contributed by atoms with van der Waals surface area (Å²) in [6, 6.07) is 18.8. The third-order valence-corrected chi connectivity index (χ3v) is 4.76. The number of hydrogen-bond donors (Lipinski definition) is 3. The zero-order valence-electron chi connectivity index (χ0n) is 17.1. The van der Waals surface area contributed by atoms with Gasteiger partial charge in [-0.05, 0) is 48.5 Å². The molecular weight excluding hydrogens is 418 g/mol. The van der Waals surface area contributed by atoms with Gasteiger partial charge in [-0.25, -0.2) is 4.79 Å².